The monoisotopic (exact) mass is 253 g/mol. The predicted molar refractivity (Wildman–Crippen MR) is 65.8 cm³/mol. The van der Waals surface area contributed by atoms with Gasteiger partial charge in [-0.25, -0.2) is 8.42 Å². The molecule has 0 fully saturated rings. The summed E-state index contributed by atoms with van der Waals surface area (Å²) in [6, 6.07) is 0. The van der Waals surface area contributed by atoms with Gasteiger partial charge in [0.15, 0.2) is 0 Å². The molecule has 0 aromatic carbocycles. The van der Waals surface area contributed by atoms with Gasteiger partial charge in [-0.05, 0) is 19.8 Å². The van der Waals surface area contributed by atoms with Gasteiger partial charge in [-0.2, -0.15) is 4.31 Å². The third kappa shape index (κ3) is 6.17. The van der Waals surface area contributed by atoms with Crippen LogP contribution in [0.25, 0.3) is 0 Å². The molecular weight excluding hydrogens is 234 g/mol. The first-order valence-corrected chi connectivity index (χ1v) is 7.26. The number of likely N-dealkylation sites (N-methyl/N-ethyl adjacent to an activating group) is 1. The Morgan fingerprint density at radius 1 is 1.40 bits per heavy atom. The normalized spacial score (nSPS) is 12.0. The molecular formula is C10H20ClNO2S. The second-order valence-electron chi connectivity index (χ2n) is 3.60. The van der Waals surface area contributed by atoms with Crippen molar-refractivity contribution < 1.29 is 8.42 Å². The number of hydrogen-bond acceptors (Lipinski definition) is 2. The first kappa shape index (κ1) is 14.9. The number of nitrogens with zero attached hydrogens (tertiary/aromatic N) is 1. The lowest BCUT2D eigenvalue weighted by Gasteiger charge is -2.20. The fourth-order valence-corrected chi connectivity index (χ4v) is 3.04. The maximum atomic E-state index is 11.8. The van der Waals surface area contributed by atoms with E-state index in [2.05, 4.69) is 6.58 Å². The molecule has 0 amide bonds. The largest absolute Gasteiger partial charge is 0.214 e. The second-order valence-corrected chi connectivity index (χ2v) is 6.06. The second kappa shape index (κ2) is 7.25. The summed E-state index contributed by atoms with van der Waals surface area (Å²) < 4.78 is 25.1. The Bertz CT molecular complexity index is 288. The fraction of sp³-hybridized carbons (Fsp3) is 0.800. The van der Waals surface area contributed by atoms with Crippen molar-refractivity contribution in [3.63, 3.8) is 0 Å². The molecule has 5 heteroatoms. The van der Waals surface area contributed by atoms with Crippen LogP contribution in [-0.4, -0.2) is 37.4 Å². The van der Waals surface area contributed by atoms with E-state index in [1.165, 1.54) is 4.31 Å². The lowest BCUT2D eigenvalue weighted by Crippen LogP contribution is -2.34. The predicted octanol–water partition coefficient (Wildman–Crippen LogP) is 2.23. The van der Waals surface area contributed by atoms with Crippen LogP contribution < -0.4 is 0 Å². The molecule has 0 aromatic rings. The van der Waals surface area contributed by atoms with Crippen molar-refractivity contribution in [2.45, 2.75) is 26.7 Å². The molecule has 3 nitrogen and oxygen atoms in total. The Balaban J connectivity index is 4.32. The van der Waals surface area contributed by atoms with E-state index in [1.54, 1.807) is 0 Å². The zero-order valence-corrected chi connectivity index (χ0v) is 11.1. The smallest absolute Gasteiger partial charge is 0.212 e. The van der Waals surface area contributed by atoms with Crippen molar-refractivity contribution in [1.82, 2.24) is 4.31 Å². The SMILES string of the molecule is C=C(C)CN(CC)S(=O)(=O)CCCCCl. The first-order chi connectivity index (χ1) is 6.94. The molecule has 0 saturated carbocycles. The highest BCUT2D eigenvalue weighted by Crippen LogP contribution is 2.07. The van der Waals surface area contributed by atoms with Crippen LogP contribution in [0.3, 0.4) is 0 Å². The van der Waals surface area contributed by atoms with E-state index in [-0.39, 0.29) is 5.75 Å². The molecule has 0 spiro atoms. The minimum Gasteiger partial charge on any atom is -0.212 e. The number of rotatable bonds is 8. The van der Waals surface area contributed by atoms with Crippen LogP contribution in [0.1, 0.15) is 26.7 Å². The Morgan fingerprint density at radius 3 is 2.40 bits per heavy atom. The number of halogens is 1. The van der Waals surface area contributed by atoms with Crippen molar-refractivity contribution in [3.05, 3.63) is 12.2 Å². The Labute approximate surface area is 98.2 Å². The Kier molecular flexibility index (Phi) is 7.22. The van der Waals surface area contributed by atoms with Crippen LogP contribution in [-0.2, 0) is 10.0 Å². The van der Waals surface area contributed by atoms with Gasteiger partial charge in [0, 0.05) is 19.0 Å². The van der Waals surface area contributed by atoms with Gasteiger partial charge >= 0.3 is 0 Å². The van der Waals surface area contributed by atoms with Crippen molar-refractivity contribution in [2.24, 2.45) is 0 Å². The minimum atomic E-state index is -3.13. The molecule has 0 aromatic heterocycles. The van der Waals surface area contributed by atoms with Gasteiger partial charge in [-0.15, -0.1) is 11.6 Å². The zero-order chi connectivity index (χ0) is 11.9. The summed E-state index contributed by atoms with van der Waals surface area (Å²) in [5.41, 5.74) is 0.859. The maximum absolute atomic E-state index is 11.8. The van der Waals surface area contributed by atoms with Crippen molar-refractivity contribution in [2.75, 3.05) is 24.7 Å². The molecule has 0 aliphatic carbocycles. The standard InChI is InChI=1S/C10H20ClNO2S/c1-4-12(9-10(2)3)15(13,14)8-6-5-7-11/h2,4-9H2,1,3H3. The Hall–Kier alpha value is -0.0600. The van der Waals surface area contributed by atoms with E-state index < -0.39 is 10.0 Å². The van der Waals surface area contributed by atoms with Crippen LogP contribution in [0.2, 0.25) is 0 Å². The van der Waals surface area contributed by atoms with Crippen molar-refractivity contribution in [1.29, 1.82) is 0 Å². The summed E-state index contributed by atoms with van der Waals surface area (Å²) in [7, 11) is -3.13. The van der Waals surface area contributed by atoms with Gasteiger partial charge in [0.25, 0.3) is 0 Å². The molecule has 90 valence electrons. The van der Waals surface area contributed by atoms with E-state index in [0.29, 0.717) is 25.4 Å². The molecule has 15 heavy (non-hydrogen) atoms. The topological polar surface area (TPSA) is 37.4 Å². The summed E-state index contributed by atoms with van der Waals surface area (Å²) >= 11 is 5.51. The van der Waals surface area contributed by atoms with Crippen LogP contribution in [0, 0.1) is 0 Å². The van der Waals surface area contributed by atoms with E-state index in [0.717, 1.165) is 12.0 Å². The van der Waals surface area contributed by atoms with Crippen LogP contribution >= 0.6 is 11.6 Å². The molecule has 0 saturated heterocycles. The average molecular weight is 254 g/mol. The van der Waals surface area contributed by atoms with Crippen molar-refractivity contribution >= 4 is 21.6 Å². The molecule has 0 N–H and O–H groups in total. The summed E-state index contributed by atoms with van der Waals surface area (Å²) in [6.45, 7) is 8.30. The molecule has 0 atom stereocenters. The van der Waals surface area contributed by atoms with Gasteiger partial charge in [0.05, 0.1) is 5.75 Å². The molecule has 0 unspecified atom stereocenters. The number of sulfonamides is 1. The average Bonchev–Trinajstić information content (AvgIpc) is 2.14. The highest BCUT2D eigenvalue weighted by atomic mass is 35.5. The van der Waals surface area contributed by atoms with Gasteiger partial charge in [0.2, 0.25) is 10.0 Å². The molecule has 0 rings (SSSR count). The third-order valence-corrected chi connectivity index (χ3v) is 4.22. The number of unbranched alkanes of at least 4 members (excludes halogenated alkanes) is 1. The lowest BCUT2D eigenvalue weighted by molar-refractivity contribution is 0.451. The van der Waals surface area contributed by atoms with Crippen molar-refractivity contribution in [3.8, 4) is 0 Å². The summed E-state index contributed by atoms with van der Waals surface area (Å²) in [6.07, 6.45) is 1.37. The lowest BCUT2D eigenvalue weighted by atomic mass is 10.3. The van der Waals surface area contributed by atoms with E-state index >= 15 is 0 Å². The first-order valence-electron chi connectivity index (χ1n) is 5.12. The van der Waals surface area contributed by atoms with Crippen LogP contribution in [0.15, 0.2) is 12.2 Å². The maximum Gasteiger partial charge on any atom is 0.214 e. The summed E-state index contributed by atoms with van der Waals surface area (Å²) in [4.78, 5) is 0. The molecule has 0 heterocycles. The molecule has 0 aliphatic rings. The minimum absolute atomic E-state index is 0.181. The van der Waals surface area contributed by atoms with Gasteiger partial charge in [-0.3, -0.25) is 0 Å². The van der Waals surface area contributed by atoms with Crippen LogP contribution in [0.4, 0.5) is 0 Å². The van der Waals surface area contributed by atoms with E-state index in [1.807, 2.05) is 13.8 Å². The zero-order valence-electron chi connectivity index (χ0n) is 9.50. The van der Waals surface area contributed by atoms with Gasteiger partial charge < -0.3 is 0 Å². The summed E-state index contributed by atoms with van der Waals surface area (Å²) in [5.74, 6) is 0.697. The third-order valence-electron chi connectivity index (χ3n) is 1.98. The van der Waals surface area contributed by atoms with E-state index in [4.69, 9.17) is 11.6 Å². The molecule has 0 radical (unpaired) electrons. The fourth-order valence-electron chi connectivity index (χ4n) is 1.22. The van der Waals surface area contributed by atoms with E-state index in [9.17, 15) is 8.42 Å². The Morgan fingerprint density at radius 2 is 2.00 bits per heavy atom. The molecule has 0 aliphatic heterocycles. The summed E-state index contributed by atoms with van der Waals surface area (Å²) in [5, 5.41) is 0. The van der Waals surface area contributed by atoms with Crippen LogP contribution in [0.5, 0.6) is 0 Å². The van der Waals surface area contributed by atoms with Gasteiger partial charge in [-0.1, -0.05) is 19.1 Å². The van der Waals surface area contributed by atoms with Gasteiger partial charge in [0.1, 0.15) is 0 Å². The highest BCUT2D eigenvalue weighted by Gasteiger charge is 2.19. The highest BCUT2D eigenvalue weighted by molar-refractivity contribution is 7.89. The molecule has 0 bridgehead atoms. The quantitative estimate of drug-likeness (QED) is 0.378. The number of alkyl halides is 1. The number of hydrogen-bond donors (Lipinski definition) is 0.